The quantitative estimate of drug-likeness (QED) is 0.887. The van der Waals surface area contributed by atoms with Crippen LogP contribution in [0.4, 0.5) is 5.69 Å². The van der Waals surface area contributed by atoms with Crippen molar-refractivity contribution >= 4 is 11.6 Å². The second kappa shape index (κ2) is 6.41. The molecule has 2 aromatic rings. The molecule has 0 radical (unpaired) electrons. The lowest BCUT2D eigenvalue weighted by molar-refractivity contribution is -0.120. The third-order valence-corrected chi connectivity index (χ3v) is 3.25. The molecule has 0 bridgehead atoms. The Bertz CT molecular complexity index is 609. The monoisotopic (exact) mass is 284 g/mol. The Hall–Kier alpha value is -2.33. The number of nitrogens with two attached hydrogens (primary N) is 1. The van der Waals surface area contributed by atoms with Gasteiger partial charge in [0.25, 0.3) is 0 Å². The van der Waals surface area contributed by atoms with E-state index in [1.54, 1.807) is 13.0 Å². The van der Waals surface area contributed by atoms with Crippen molar-refractivity contribution in [2.45, 2.75) is 19.4 Å². The van der Waals surface area contributed by atoms with Gasteiger partial charge in [-0.05, 0) is 31.5 Å². The number of nitrogens with one attached hydrogen (secondary N) is 1. The summed E-state index contributed by atoms with van der Waals surface area (Å²) in [6.45, 7) is 4.19. The molecule has 4 heteroatoms. The van der Waals surface area contributed by atoms with Gasteiger partial charge >= 0.3 is 0 Å². The fourth-order valence-corrected chi connectivity index (χ4v) is 2.01. The number of benzene rings is 2. The molecular formula is C17H20N2O2. The van der Waals surface area contributed by atoms with Gasteiger partial charge in [0.15, 0.2) is 0 Å². The van der Waals surface area contributed by atoms with Gasteiger partial charge in [-0.1, -0.05) is 36.4 Å². The molecule has 3 N–H and O–H groups in total. The van der Waals surface area contributed by atoms with Crippen LogP contribution in [0.1, 0.15) is 19.4 Å². The number of carbonyl (C=O) groups excluding carboxylic acids is 1. The molecule has 2 rings (SSSR count). The molecule has 4 nitrogen and oxygen atoms in total. The third-order valence-electron chi connectivity index (χ3n) is 3.25. The van der Waals surface area contributed by atoms with E-state index >= 15 is 0 Å². The summed E-state index contributed by atoms with van der Waals surface area (Å²) in [5.74, 6) is 0.455. The number of hydrogen-bond acceptors (Lipinski definition) is 3. The third kappa shape index (κ3) is 3.61. The van der Waals surface area contributed by atoms with Gasteiger partial charge in [-0.25, -0.2) is 0 Å². The van der Waals surface area contributed by atoms with Crippen LogP contribution >= 0.6 is 0 Å². The molecule has 0 spiro atoms. The highest BCUT2D eigenvalue weighted by molar-refractivity contribution is 5.98. The van der Waals surface area contributed by atoms with Gasteiger partial charge in [-0.3, -0.25) is 4.79 Å². The van der Waals surface area contributed by atoms with Crippen molar-refractivity contribution in [3.63, 3.8) is 0 Å². The van der Waals surface area contributed by atoms with Crippen LogP contribution in [0.2, 0.25) is 0 Å². The first-order valence-electron chi connectivity index (χ1n) is 6.92. The van der Waals surface area contributed by atoms with Gasteiger partial charge in [0, 0.05) is 11.8 Å². The van der Waals surface area contributed by atoms with E-state index in [1.165, 1.54) is 0 Å². The number of anilines is 1. The van der Waals surface area contributed by atoms with Crippen LogP contribution < -0.4 is 15.8 Å². The molecule has 110 valence electrons. The smallest absolute Gasteiger partial charge is 0.248 e. The summed E-state index contributed by atoms with van der Waals surface area (Å²) in [7, 11) is 0. The number of carbonyl (C=O) groups is 1. The van der Waals surface area contributed by atoms with Crippen LogP contribution in [0.15, 0.2) is 54.6 Å². The van der Waals surface area contributed by atoms with Crippen molar-refractivity contribution in [3.05, 3.63) is 60.2 Å². The fourth-order valence-electron chi connectivity index (χ4n) is 2.01. The molecule has 0 fully saturated rings. The average molecular weight is 284 g/mol. The van der Waals surface area contributed by atoms with E-state index < -0.39 is 5.54 Å². The van der Waals surface area contributed by atoms with E-state index in [-0.39, 0.29) is 5.91 Å². The highest BCUT2D eigenvalue weighted by Crippen LogP contribution is 2.22. The minimum atomic E-state index is -1.09. The summed E-state index contributed by atoms with van der Waals surface area (Å²) in [5.41, 5.74) is 6.52. The predicted octanol–water partition coefficient (Wildman–Crippen LogP) is 2.90. The van der Waals surface area contributed by atoms with Crippen molar-refractivity contribution in [1.82, 2.24) is 0 Å². The molecule has 0 heterocycles. The van der Waals surface area contributed by atoms with Gasteiger partial charge in [0.2, 0.25) is 5.91 Å². The summed E-state index contributed by atoms with van der Waals surface area (Å²) in [4.78, 5) is 12.4. The van der Waals surface area contributed by atoms with E-state index in [9.17, 15) is 4.79 Å². The summed E-state index contributed by atoms with van der Waals surface area (Å²) in [5, 5.41) is 2.84. The standard InChI is InChI=1S/C17H20N2O2/c1-3-21-15-11-7-10-14(12-15)19-16(20)17(2,18)13-8-5-4-6-9-13/h4-12H,3,18H2,1-2H3,(H,19,20). The largest absolute Gasteiger partial charge is 0.494 e. The Morgan fingerprint density at radius 2 is 1.90 bits per heavy atom. The van der Waals surface area contributed by atoms with Gasteiger partial charge in [-0.15, -0.1) is 0 Å². The minimum Gasteiger partial charge on any atom is -0.494 e. The Morgan fingerprint density at radius 3 is 2.57 bits per heavy atom. The molecule has 2 aromatic carbocycles. The Balaban J connectivity index is 2.15. The maximum Gasteiger partial charge on any atom is 0.248 e. The summed E-state index contributed by atoms with van der Waals surface area (Å²) < 4.78 is 5.42. The average Bonchev–Trinajstić information content (AvgIpc) is 2.49. The number of ether oxygens (including phenoxy) is 1. The molecule has 0 aliphatic rings. The summed E-state index contributed by atoms with van der Waals surface area (Å²) in [6.07, 6.45) is 0. The summed E-state index contributed by atoms with van der Waals surface area (Å²) >= 11 is 0. The van der Waals surface area contributed by atoms with Crippen LogP contribution in [-0.4, -0.2) is 12.5 Å². The Labute approximate surface area is 124 Å². The van der Waals surface area contributed by atoms with Gasteiger partial charge < -0.3 is 15.8 Å². The fraction of sp³-hybridized carbons (Fsp3) is 0.235. The minimum absolute atomic E-state index is 0.262. The zero-order valence-electron chi connectivity index (χ0n) is 12.3. The van der Waals surface area contributed by atoms with Crippen molar-refractivity contribution in [1.29, 1.82) is 0 Å². The van der Waals surface area contributed by atoms with Crippen molar-refractivity contribution in [2.24, 2.45) is 5.73 Å². The van der Waals surface area contributed by atoms with E-state index in [4.69, 9.17) is 10.5 Å². The van der Waals surface area contributed by atoms with Gasteiger partial charge in [-0.2, -0.15) is 0 Å². The molecule has 0 saturated carbocycles. The lowest BCUT2D eigenvalue weighted by atomic mass is 9.92. The van der Waals surface area contributed by atoms with Crippen LogP contribution in [-0.2, 0) is 10.3 Å². The zero-order valence-corrected chi connectivity index (χ0v) is 12.3. The maximum atomic E-state index is 12.4. The molecule has 1 unspecified atom stereocenters. The topological polar surface area (TPSA) is 64.3 Å². The normalized spacial score (nSPS) is 13.3. The SMILES string of the molecule is CCOc1cccc(NC(=O)C(C)(N)c2ccccc2)c1. The second-order valence-corrected chi connectivity index (χ2v) is 4.98. The first-order chi connectivity index (χ1) is 10.0. The lowest BCUT2D eigenvalue weighted by Crippen LogP contribution is -2.45. The van der Waals surface area contributed by atoms with Crippen molar-refractivity contribution in [2.75, 3.05) is 11.9 Å². The number of hydrogen-bond donors (Lipinski definition) is 2. The molecule has 0 aliphatic heterocycles. The molecule has 0 aromatic heterocycles. The van der Waals surface area contributed by atoms with E-state index in [1.807, 2.05) is 55.5 Å². The van der Waals surface area contributed by atoms with Crippen LogP contribution in [0.3, 0.4) is 0 Å². The molecular weight excluding hydrogens is 264 g/mol. The molecule has 1 atom stereocenters. The van der Waals surface area contributed by atoms with Crippen LogP contribution in [0.25, 0.3) is 0 Å². The number of amides is 1. The lowest BCUT2D eigenvalue weighted by Gasteiger charge is -2.24. The first kappa shape index (κ1) is 15.1. The molecule has 21 heavy (non-hydrogen) atoms. The van der Waals surface area contributed by atoms with E-state index in [2.05, 4.69) is 5.32 Å². The van der Waals surface area contributed by atoms with Gasteiger partial charge in [0.05, 0.1) is 6.61 Å². The van der Waals surface area contributed by atoms with Crippen LogP contribution in [0.5, 0.6) is 5.75 Å². The second-order valence-electron chi connectivity index (χ2n) is 4.98. The Kier molecular flexibility index (Phi) is 4.60. The van der Waals surface area contributed by atoms with Gasteiger partial charge in [0.1, 0.15) is 11.3 Å². The highest BCUT2D eigenvalue weighted by atomic mass is 16.5. The molecule has 1 amide bonds. The molecule has 0 saturated heterocycles. The van der Waals surface area contributed by atoms with Crippen molar-refractivity contribution in [3.8, 4) is 5.75 Å². The Morgan fingerprint density at radius 1 is 1.19 bits per heavy atom. The number of rotatable bonds is 5. The van der Waals surface area contributed by atoms with E-state index in [0.29, 0.717) is 18.0 Å². The molecule has 0 aliphatic carbocycles. The predicted molar refractivity (Wildman–Crippen MR) is 84.2 cm³/mol. The zero-order chi connectivity index (χ0) is 15.3. The van der Waals surface area contributed by atoms with E-state index in [0.717, 1.165) is 5.56 Å². The maximum absolute atomic E-state index is 12.4. The first-order valence-corrected chi connectivity index (χ1v) is 6.92. The van der Waals surface area contributed by atoms with Crippen LogP contribution in [0, 0.1) is 0 Å². The highest BCUT2D eigenvalue weighted by Gasteiger charge is 2.30. The summed E-state index contributed by atoms with van der Waals surface area (Å²) in [6, 6.07) is 16.6. The van der Waals surface area contributed by atoms with Crippen molar-refractivity contribution < 1.29 is 9.53 Å².